The first-order valence-corrected chi connectivity index (χ1v) is 9.64. The smallest absolute Gasteiger partial charge is 0.398 e. The summed E-state index contributed by atoms with van der Waals surface area (Å²) in [5.74, 6) is 0. The Morgan fingerprint density at radius 3 is 2.74 bits per heavy atom. The molecule has 4 heterocycles. The van der Waals surface area contributed by atoms with Crippen molar-refractivity contribution < 1.29 is 28.1 Å². The van der Waals surface area contributed by atoms with Gasteiger partial charge in [0.2, 0.25) is 0 Å². The van der Waals surface area contributed by atoms with Gasteiger partial charge in [-0.05, 0) is 30.7 Å². The number of benzene rings is 1. The van der Waals surface area contributed by atoms with Crippen LogP contribution in [-0.4, -0.2) is 26.1 Å². The first-order chi connectivity index (χ1) is 14.5. The van der Waals surface area contributed by atoms with Gasteiger partial charge in [0.15, 0.2) is 6.29 Å². The van der Waals surface area contributed by atoms with Gasteiger partial charge < -0.3 is 25.3 Å². The van der Waals surface area contributed by atoms with Gasteiger partial charge in [0.05, 0.1) is 35.6 Å². The van der Waals surface area contributed by atoms with Crippen molar-refractivity contribution in [1.29, 1.82) is 0 Å². The minimum atomic E-state index is -4.62. The summed E-state index contributed by atoms with van der Waals surface area (Å²) in [4.78, 5) is 17.5. The Labute approximate surface area is 173 Å². The van der Waals surface area contributed by atoms with Crippen molar-refractivity contribution in [3.05, 3.63) is 56.9 Å². The van der Waals surface area contributed by atoms with Crippen LogP contribution in [0.25, 0.3) is 22.3 Å². The number of hydrogen-bond donors (Lipinski definition) is 3. The minimum Gasteiger partial charge on any atom is -0.398 e. The van der Waals surface area contributed by atoms with Crippen molar-refractivity contribution in [2.24, 2.45) is 0 Å². The van der Waals surface area contributed by atoms with Gasteiger partial charge in [0.25, 0.3) is 5.56 Å². The molecule has 0 saturated carbocycles. The van der Waals surface area contributed by atoms with Gasteiger partial charge in [-0.2, -0.15) is 13.2 Å². The van der Waals surface area contributed by atoms with Crippen LogP contribution < -0.4 is 11.3 Å². The van der Waals surface area contributed by atoms with Crippen LogP contribution in [-0.2, 0) is 29.7 Å². The number of hydrogen-bond acceptors (Lipinski definition) is 6. The van der Waals surface area contributed by atoms with Crippen LogP contribution in [0, 0.1) is 0 Å². The fourth-order valence-corrected chi connectivity index (χ4v) is 4.41. The molecule has 31 heavy (non-hydrogen) atoms. The molecule has 0 bridgehead atoms. The maximum atomic E-state index is 13.3. The SMILES string of the molecule is CC[C@]1(O)c2cc3n(c(=O)c2COC1O)Cc1cc2cc(N)c(C(F)(F)F)cc2nc1-3. The molecule has 3 aromatic rings. The molecular weight excluding hydrogens is 415 g/mol. The van der Waals surface area contributed by atoms with Gasteiger partial charge in [0.1, 0.15) is 5.60 Å². The second-order valence-corrected chi connectivity index (χ2v) is 7.88. The number of nitrogens with two attached hydrogens (primary N) is 1. The zero-order valence-corrected chi connectivity index (χ0v) is 16.3. The number of halogens is 3. The van der Waals surface area contributed by atoms with Gasteiger partial charge in [-0.1, -0.05) is 6.92 Å². The van der Waals surface area contributed by atoms with E-state index >= 15 is 0 Å². The fraction of sp³-hybridized carbons (Fsp3) is 0.333. The fourth-order valence-electron chi connectivity index (χ4n) is 4.41. The lowest BCUT2D eigenvalue weighted by Crippen LogP contribution is -2.47. The summed E-state index contributed by atoms with van der Waals surface area (Å²) in [5.41, 5.74) is 3.98. The van der Waals surface area contributed by atoms with E-state index in [2.05, 4.69) is 4.98 Å². The van der Waals surface area contributed by atoms with E-state index in [0.29, 0.717) is 22.3 Å². The standard InChI is InChI=1S/C21H18F3N3O4/c1-2-20(30)12-6-16-17-10(7-27(16)18(28)11(12)8-31-19(20)29)3-9-4-14(25)13(21(22,23)24)5-15(9)26-17/h3-6,19,29-30H,2,7-8,25H2,1H3/t19?,20-/m0/s1. The van der Waals surface area contributed by atoms with E-state index in [1.54, 1.807) is 19.1 Å². The maximum Gasteiger partial charge on any atom is 0.418 e. The van der Waals surface area contributed by atoms with Crippen LogP contribution in [0.15, 0.2) is 29.1 Å². The molecule has 2 aromatic heterocycles. The van der Waals surface area contributed by atoms with Crippen molar-refractivity contribution in [2.75, 3.05) is 5.73 Å². The van der Waals surface area contributed by atoms with Crippen LogP contribution in [0.4, 0.5) is 18.9 Å². The lowest BCUT2D eigenvalue weighted by atomic mass is 9.85. The number of nitrogens with zero attached hydrogens (tertiary/aromatic N) is 2. The quantitative estimate of drug-likeness (QED) is 0.398. The number of rotatable bonds is 1. The molecule has 0 fully saturated rings. The average molecular weight is 433 g/mol. The molecule has 162 valence electrons. The number of nitrogen functional groups attached to an aromatic ring is 1. The Morgan fingerprint density at radius 2 is 2.06 bits per heavy atom. The predicted molar refractivity (Wildman–Crippen MR) is 105 cm³/mol. The summed E-state index contributed by atoms with van der Waals surface area (Å²) < 4.78 is 46.5. The Balaban J connectivity index is 1.76. The molecule has 2 aliphatic rings. The molecular formula is C21H18F3N3O4. The van der Waals surface area contributed by atoms with Gasteiger partial charge in [-0.25, -0.2) is 4.98 Å². The van der Waals surface area contributed by atoms with Crippen LogP contribution in [0.1, 0.15) is 35.6 Å². The molecule has 0 saturated heterocycles. The number of aromatic nitrogens is 2. The number of aliphatic hydroxyl groups is 2. The van der Waals surface area contributed by atoms with E-state index in [4.69, 9.17) is 10.5 Å². The monoisotopic (exact) mass is 433 g/mol. The number of ether oxygens (including phenoxy) is 1. The Hall–Kier alpha value is -2.95. The molecule has 10 heteroatoms. The highest BCUT2D eigenvalue weighted by atomic mass is 19.4. The zero-order valence-electron chi connectivity index (χ0n) is 16.3. The number of fused-ring (bicyclic) bond motifs is 5. The summed E-state index contributed by atoms with van der Waals surface area (Å²) >= 11 is 0. The Morgan fingerprint density at radius 1 is 1.32 bits per heavy atom. The topological polar surface area (TPSA) is 111 Å². The van der Waals surface area contributed by atoms with Crippen LogP contribution in [0.3, 0.4) is 0 Å². The molecule has 5 rings (SSSR count). The largest absolute Gasteiger partial charge is 0.418 e. The van der Waals surface area contributed by atoms with Crippen LogP contribution in [0.5, 0.6) is 0 Å². The summed E-state index contributed by atoms with van der Waals surface area (Å²) in [6, 6.07) is 5.35. The lowest BCUT2D eigenvalue weighted by Gasteiger charge is -2.37. The lowest BCUT2D eigenvalue weighted by molar-refractivity contribution is -0.236. The molecule has 2 aliphatic heterocycles. The highest BCUT2D eigenvalue weighted by Gasteiger charge is 2.44. The first-order valence-electron chi connectivity index (χ1n) is 9.64. The highest BCUT2D eigenvalue weighted by Crippen LogP contribution is 2.41. The molecule has 0 aliphatic carbocycles. The molecule has 0 amide bonds. The van der Waals surface area contributed by atoms with Gasteiger partial charge >= 0.3 is 6.18 Å². The third-order valence-electron chi connectivity index (χ3n) is 6.14. The highest BCUT2D eigenvalue weighted by molar-refractivity contribution is 5.87. The zero-order chi connectivity index (χ0) is 22.3. The van der Waals surface area contributed by atoms with E-state index in [9.17, 15) is 28.2 Å². The Bertz CT molecular complexity index is 1320. The second kappa shape index (κ2) is 6.28. The normalized spacial score (nSPS) is 22.3. The van der Waals surface area contributed by atoms with E-state index in [0.717, 1.165) is 6.07 Å². The third kappa shape index (κ3) is 2.72. The van der Waals surface area contributed by atoms with E-state index < -0.39 is 34.9 Å². The summed E-state index contributed by atoms with van der Waals surface area (Å²) in [6.07, 6.45) is -6.04. The van der Waals surface area contributed by atoms with Gasteiger partial charge in [0, 0.05) is 27.8 Å². The first kappa shape index (κ1) is 20.0. The third-order valence-corrected chi connectivity index (χ3v) is 6.14. The number of aliphatic hydroxyl groups excluding tert-OH is 1. The molecule has 2 atom stereocenters. The van der Waals surface area contributed by atoms with E-state index in [1.807, 2.05) is 0 Å². The Kier molecular flexibility index (Phi) is 4.05. The predicted octanol–water partition coefficient (Wildman–Crippen LogP) is 2.47. The average Bonchev–Trinajstić information content (AvgIpc) is 3.06. The maximum absolute atomic E-state index is 13.3. The van der Waals surface area contributed by atoms with Crippen molar-refractivity contribution in [1.82, 2.24) is 9.55 Å². The summed E-state index contributed by atoms with van der Waals surface area (Å²) in [5, 5.41) is 21.5. The van der Waals surface area contributed by atoms with Crippen molar-refractivity contribution in [2.45, 2.75) is 44.6 Å². The molecule has 0 radical (unpaired) electrons. The molecule has 4 N–H and O–H groups in total. The van der Waals surface area contributed by atoms with Crippen LogP contribution in [0.2, 0.25) is 0 Å². The number of anilines is 1. The van der Waals surface area contributed by atoms with Crippen LogP contribution >= 0.6 is 0 Å². The number of alkyl halides is 3. The molecule has 0 spiro atoms. The summed E-state index contributed by atoms with van der Waals surface area (Å²) in [7, 11) is 0. The van der Waals surface area contributed by atoms with Crippen molar-refractivity contribution in [3.63, 3.8) is 0 Å². The van der Waals surface area contributed by atoms with E-state index in [-0.39, 0.29) is 36.2 Å². The van der Waals surface area contributed by atoms with Gasteiger partial charge in [-0.15, -0.1) is 0 Å². The number of pyridine rings is 2. The molecule has 1 aromatic carbocycles. The minimum absolute atomic E-state index is 0.0908. The van der Waals surface area contributed by atoms with E-state index in [1.165, 1.54) is 10.6 Å². The van der Waals surface area contributed by atoms with Crippen molar-refractivity contribution in [3.8, 4) is 11.4 Å². The summed E-state index contributed by atoms with van der Waals surface area (Å²) in [6.45, 7) is 1.66. The molecule has 7 nitrogen and oxygen atoms in total. The molecule has 1 unspecified atom stereocenters. The van der Waals surface area contributed by atoms with Gasteiger partial charge in [-0.3, -0.25) is 4.79 Å². The second-order valence-electron chi connectivity index (χ2n) is 7.88. The van der Waals surface area contributed by atoms with Crippen molar-refractivity contribution >= 4 is 16.6 Å².